The van der Waals surface area contributed by atoms with Gasteiger partial charge in [-0.25, -0.2) is 9.97 Å². The Bertz CT molecular complexity index is 599. The monoisotopic (exact) mass is 301 g/mol. The Morgan fingerprint density at radius 2 is 2.00 bits per heavy atom. The van der Waals surface area contributed by atoms with Gasteiger partial charge in [-0.05, 0) is 6.42 Å². The summed E-state index contributed by atoms with van der Waals surface area (Å²) in [7, 11) is 0. The van der Waals surface area contributed by atoms with Crippen molar-refractivity contribution in [2.45, 2.75) is 25.4 Å². The molecule has 1 N–H and O–H groups in total. The molecule has 0 spiro atoms. The molecular weight excluding hydrogens is 291 g/mol. The summed E-state index contributed by atoms with van der Waals surface area (Å²) in [6.07, 6.45) is 0.0267. The van der Waals surface area contributed by atoms with Crippen LogP contribution in [-0.2, 0) is 17.4 Å². The van der Waals surface area contributed by atoms with Gasteiger partial charge in [0.25, 0.3) is 0 Å². The quantitative estimate of drug-likeness (QED) is 0.905. The van der Waals surface area contributed by atoms with Gasteiger partial charge in [0, 0.05) is 12.8 Å². The fraction of sp³-hybridized carbons (Fsp3) is 0.364. The summed E-state index contributed by atoms with van der Waals surface area (Å²) in [5.74, 6) is -1.77. The smallest absolute Gasteiger partial charge is 0.329 e. The molecule has 2 heterocycles. The van der Waals surface area contributed by atoms with Crippen LogP contribution in [0.1, 0.15) is 24.6 Å². The third kappa shape index (κ3) is 4.51. The lowest BCUT2D eigenvalue weighted by Crippen LogP contribution is -2.12. The minimum atomic E-state index is -4.66. The molecule has 0 saturated carbocycles. The second-order valence-corrected chi connectivity index (χ2v) is 4.04. The molecule has 21 heavy (non-hydrogen) atoms. The molecule has 0 aliphatic rings. The Morgan fingerprint density at radius 3 is 2.62 bits per heavy atom. The van der Waals surface area contributed by atoms with E-state index in [0.717, 1.165) is 0 Å². The first-order valence-electron chi connectivity index (χ1n) is 5.90. The molecule has 0 unspecified atom stereocenters. The van der Waals surface area contributed by atoms with E-state index in [2.05, 4.69) is 29.9 Å². The Morgan fingerprint density at radius 1 is 1.29 bits per heavy atom. The summed E-state index contributed by atoms with van der Waals surface area (Å²) in [5.41, 5.74) is 0.446. The van der Waals surface area contributed by atoms with Gasteiger partial charge in [0.05, 0.1) is 18.1 Å². The largest absolute Gasteiger partial charge is 0.471 e. The van der Waals surface area contributed by atoms with Gasteiger partial charge in [-0.1, -0.05) is 5.16 Å². The summed E-state index contributed by atoms with van der Waals surface area (Å²) >= 11 is 0. The first-order chi connectivity index (χ1) is 9.95. The molecule has 2 aromatic rings. The molecule has 0 aromatic carbocycles. The number of aromatic nitrogens is 4. The molecular formula is C11H10F3N5O2. The van der Waals surface area contributed by atoms with E-state index in [-0.39, 0.29) is 31.0 Å². The number of alkyl halides is 3. The van der Waals surface area contributed by atoms with Crippen LogP contribution in [0.4, 0.5) is 18.9 Å². The highest BCUT2D eigenvalue weighted by atomic mass is 19.4. The Kier molecular flexibility index (Phi) is 4.45. The van der Waals surface area contributed by atoms with Crippen LogP contribution < -0.4 is 5.32 Å². The van der Waals surface area contributed by atoms with Gasteiger partial charge in [-0.15, -0.1) is 0 Å². The maximum absolute atomic E-state index is 12.2. The van der Waals surface area contributed by atoms with Gasteiger partial charge in [0.15, 0.2) is 5.82 Å². The number of nitrogens with one attached hydrogen (secondary N) is 1. The maximum Gasteiger partial charge on any atom is 0.471 e. The molecule has 0 atom stereocenters. The number of hydrogen-bond acceptors (Lipinski definition) is 6. The SMILES string of the molecule is O=C(CCCc1noc(C(F)(F)F)n1)Nc1cncnc1. The summed E-state index contributed by atoms with van der Waals surface area (Å²) in [4.78, 5) is 22.2. The van der Waals surface area contributed by atoms with Crippen LogP contribution >= 0.6 is 0 Å². The van der Waals surface area contributed by atoms with Crippen molar-refractivity contribution in [3.8, 4) is 0 Å². The lowest BCUT2D eigenvalue weighted by Gasteiger charge is -2.02. The number of carbonyl (C=O) groups is 1. The number of halogens is 3. The van der Waals surface area contributed by atoms with Crippen molar-refractivity contribution in [3.05, 3.63) is 30.4 Å². The number of aryl methyl sites for hydroxylation is 1. The number of carbonyl (C=O) groups excluding carboxylic acids is 1. The van der Waals surface area contributed by atoms with Crippen LogP contribution in [-0.4, -0.2) is 26.0 Å². The fourth-order valence-electron chi connectivity index (χ4n) is 1.46. The second kappa shape index (κ2) is 6.29. The van der Waals surface area contributed by atoms with E-state index in [1.165, 1.54) is 18.7 Å². The van der Waals surface area contributed by atoms with Gasteiger partial charge in [-0.2, -0.15) is 18.2 Å². The van der Waals surface area contributed by atoms with E-state index in [9.17, 15) is 18.0 Å². The highest BCUT2D eigenvalue weighted by Crippen LogP contribution is 2.27. The lowest BCUT2D eigenvalue weighted by molar-refractivity contribution is -0.159. The van der Waals surface area contributed by atoms with E-state index in [1.54, 1.807) is 0 Å². The van der Waals surface area contributed by atoms with Gasteiger partial charge in [0.2, 0.25) is 5.91 Å². The molecule has 0 aliphatic carbocycles. The summed E-state index contributed by atoms with van der Waals surface area (Å²) in [6, 6.07) is 0. The topological polar surface area (TPSA) is 93.8 Å². The second-order valence-electron chi connectivity index (χ2n) is 4.04. The van der Waals surface area contributed by atoms with Crippen molar-refractivity contribution < 1.29 is 22.5 Å². The normalized spacial score (nSPS) is 11.4. The molecule has 112 valence electrons. The molecule has 0 radical (unpaired) electrons. The van der Waals surface area contributed by atoms with Crippen molar-refractivity contribution in [2.24, 2.45) is 0 Å². The van der Waals surface area contributed by atoms with E-state index >= 15 is 0 Å². The first-order valence-corrected chi connectivity index (χ1v) is 5.90. The predicted octanol–water partition coefficient (Wildman–Crippen LogP) is 1.84. The highest BCUT2D eigenvalue weighted by molar-refractivity contribution is 5.90. The van der Waals surface area contributed by atoms with Crippen LogP contribution in [0.25, 0.3) is 0 Å². The predicted molar refractivity (Wildman–Crippen MR) is 62.9 cm³/mol. The molecule has 2 rings (SSSR count). The van der Waals surface area contributed by atoms with E-state index < -0.39 is 12.1 Å². The van der Waals surface area contributed by atoms with Crippen LogP contribution in [0.15, 0.2) is 23.2 Å². The van der Waals surface area contributed by atoms with Crippen molar-refractivity contribution >= 4 is 11.6 Å². The van der Waals surface area contributed by atoms with Crippen molar-refractivity contribution in [1.82, 2.24) is 20.1 Å². The van der Waals surface area contributed by atoms with E-state index in [1.807, 2.05) is 0 Å². The van der Waals surface area contributed by atoms with E-state index in [0.29, 0.717) is 5.69 Å². The number of rotatable bonds is 5. The highest BCUT2D eigenvalue weighted by Gasteiger charge is 2.38. The van der Waals surface area contributed by atoms with Crippen LogP contribution in [0.2, 0.25) is 0 Å². The molecule has 10 heteroatoms. The number of anilines is 1. The Labute approximate surface area is 116 Å². The Balaban J connectivity index is 1.77. The average molecular weight is 301 g/mol. The standard InChI is InChI=1S/C11H10F3N5O2/c12-11(13,14)10-18-8(19-21-10)2-1-3-9(20)17-7-4-15-6-16-5-7/h4-6H,1-3H2,(H,17,20). The molecule has 7 nitrogen and oxygen atoms in total. The van der Waals surface area contributed by atoms with Crippen LogP contribution in [0, 0.1) is 0 Å². The van der Waals surface area contributed by atoms with Crippen LogP contribution in [0.5, 0.6) is 0 Å². The molecule has 0 bridgehead atoms. The summed E-state index contributed by atoms with van der Waals surface area (Å²) in [6.45, 7) is 0. The number of nitrogens with zero attached hydrogens (tertiary/aromatic N) is 4. The molecule has 2 aromatic heterocycles. The zero-order chi connectivity index (χ0) is 15.3. The van der Waals surface area contributed by atoms with Gasteiger partial charge in [0.1, 0.15) is 6.33 Å². The minimum absolute atomic E-state index is 0.0850. The van der Waals surface area contributed by atoms with E-state index in [4.69, 9.17) is 0 Å². The zero-order valence-electron chi connectivity index (χ0n) is 10.6. The molecule has 0 aliphatic heterocycles. The lowest BCUT2D eigenvalue weighted by atomic mass is 10.2. The summed E-state index contributed by atoms with van der Waals surface area (Å²) in [5, 5.41) is 5.76. The average Bonchev–Trinajstić information content (AvgIpc) is 2.88. The van der Waals surface area contributed by atoms with Crippen molar-refractivity contribution in [3.63, 3.8) is 0 Å². The third-order valence-corrected chi connectivity index (χ3v) is 2.36. The van der Waals surface area contributed by atoms with Crippen LogP contribution in [0.3, 0.4) is 0 Å². The maximum atomic E-state index is 12.2. The van der Waals surface area contributed by atoms with Crippen molar-refractivity contribution in [2.75, 3.05) is 5.32 Å². The first kappa shape index (κ1) is 14.9. The molecule has 0 saturated heterocycles. The van der Waals surface area contributed by atoms with Gasteiger partial charge in [-0.3, -0.25) is 4.79 Å². The number of amides is 1. The van der Waals surface area contributed by atoms with Gasteiger partial charge >= 0.3 is 12.1 Å². The molecule has 1 amide bonds. The molecule has 0 fully saturated rings. The van der Waals surface area contributed by atoms with Gasteiger partial charge < -0.3 is 9.84 Å². The summed E-state index contributed by atoms with van der Waals surface area (Å²) < 4.78 is 40.7. The van der Waals surface area contributed by atoms with Crippen molar-refractivity contribution in [1.29, 1.82) is 0 Å². The minimum Gasteiger partial charge on any atom is -0.329 e. The Hall–Kier alpha value is -2.52. The number of hydrogen-bond donors (Lipinski definition) is 1. The zero-order valence-corrected chi connectivity index (χ0v) is 10.6. The fourth-order valence-corrected chi connectivity index (χ4v) is 1.46. The third-order valence-electron chi connectivity index (χ3n) is 2.36.